The van der Waals surface area contributed by atoms with Gasteiger partial charge in [0.05, 0.1) is 27.5 Å². The van der Waals surface area contributed by atoms with Crippen molar-refractivity contribution in [3.05, 3.63) is 66.7 Å². The van der Waals surface area contributed by atoms with Crippen molar-refractivity contribution in [1.29, 1.82) is 0 Å². The second-order valence-corrected chi connectivity index (χ2v) is 12.7. The molecule has 4 aromatic carbocycles. The van der Waals surface area contributed by atoms with Crippen LogP contribution in [0.3, 0.4) is 0 Å². The van der Waals surface area contributed by atoms with Crippen molar-refractivity contribution in [1.82, 2.24) is 4.98 Å². The fourth-order valence-corrected chi connectivity index (χ4v) is 6.75. The normalized spacial score (nSPS) is 11.9. The Bertz CT molecular complexity index is 2130. The van der Waals surface area contributed by atoms with Crippen molar-refractivity contribution >= 4 is 81.0 Å². The molecule has 0 fully saturated rings. The number of benzene rings is 4. The predicted octanol–water partition coefficient (Wildman–Crippen LogP) is -3.70. The quantitative estimate of drug-likeness (QED) is 0.0373. The van der Waals surface area contributed by atoms with E-state index in [1.165, 1.54) is 7.05 Å². The van der Waals surface area contributed by atoms with E-state index in [0.29, 0.717) is 11.3 Å². The van der Waals surface area contributed by atoms with Gasteiger partial charge < -0.3 is 14.4 Å². The van der Waals surface area contributed by atoms with Crippen molar-refractivity contribution in [3.8, 4) is 11.3 Å². The maximum atomic E-state index is 12.2. The Kier molecular flexibility index (Phi) is 14.2. The molecule has 45 heavy (non-hydrogen) atoms. The van der Waals surface area contributed by atoms with Crippen molar-refractivity contribution in [2.45, 2.75) is 14.7 Å². The third-order valence-corrected chi connectivity index (χ3v) is 8.84. The predicted molar refractivity (Wildman–Crippen MR) is 148 cm³/mol. The Morgan fingerprint density at radius 2 is 1.44 bits per heavy atom. The molecule has 0 aliphatic heterocycles. The first-order chi connectivity index (χ1) is 20.0. The van der Waals surface area contributed by atoms with Crippen LogP contribution in [0.1, 0.15) is 0 Å². The number of aromatic nitrogens is 1. The molecule has 21 heteroatoms. The summed E-state index contributed by atoms with van der Waals surface area (Å²) in [6.07, 6.45) is 0. The van der Waals surface area contributed by atoms with E-state index in [-0.39, 0.29) is 89.3 Å². The Morgan fingerprint density at radius 3 is 2.09 bits per heavy atom. The molecule has 0 unspecified atom stereocenters. The molecule has 5 aromatic rings. The van der Waals surface area contributed by atoms with Gasteiger partial charge in [0.1, 0.15) is 25.9 Å². The molecule has 0 radical (unpaired) electrons. The van der Waals surface area contributed by atoms with Crippen LogP contribution in [0.15, 0.2) is 102 Å². The molecular formula is C24H14Li3N5O9S4. The summed E-state index contributed by atoms with van der Waals surface area (Å²) < 4.78 is 76.9. The van der Waals surface area contributed by atoms with Crippen LogP contribution in [0.5, 0.6) is 0 Å². The monoisotopic (exact) mass is 665 g/mol. The Balaban J connectivity index is 0.00000235. The third-order valence-electron chi connectivity index (χ3n) is 5.71. The zero-order chi connectivity index (χ0) is 30.1. The van der Waals surface area contributed by atoms with Gasteiger partial charge in [-0.25, -0.2) is 21.8 Å². The van der Waals surface area contributed by atoms with Gasteiger partial charge in [0.25, 0.3) is 0 Å². The smallest absolute Gasteiger partial charge is 0.744 e. The van der Waals surface area contributed by atoms with Gasteiger partial charge in [-0.2, -0.15) is 9.45 Å². The molecule has 0 aliphatic rings. The molecule has 0 atom stereocenters. The van der Waals surface area contributed by atoms with E-state index in [2.05, 4.69) is 34.8 Å². The first kappa shape index (κ1) is 39.3. The molecule has 0 aliphatic carbocycles. The van der Waals surface area contributed by atoms with Crippen LogP contribution in [0.25, 0.3) is 32.8 Å². The van der Waals surface area contributed by atoms with E-state index in [1.807, 2.05) is 42.5 Å². The van der Waals surface area contributed by atoms with Crippen LogP contribution < -0.4 is 61.8 Å². The average molecular weight is 665 g/mol. The Hall–Kier alpha value is -1.93. The molecule has 0 spiro atoms. The Morgan fingerprint density at radius 1 is 0.800 bits per heavy atom. The van der Waals surface area contributed by atoms with E-state index in [9.17, 15) is 31.2 Å². The summed E-state index contributed by atoms with van der Waals surface area (Å²) in [7, 11) is -9.00. The first-order valence-corrected chi connectivity index (χ1v) is 15.7. The van der Waals surface area contributed by atoms with Gasteiger partial charge in [0.15, 0.2) is 5.00 Å². The molecule has 0 bridgehead atoms. The van der Waals surface area contributed by atoms with Gasteiger partial charge in [0.2, 0.25) is 5.13 Å². The van der Waals surface area contributed by atoms with Gasteiger partial charge in [-0.05, 0) is 41.1 Å². The molecule has 216 valence electrons. The summed E-state index contributed by atoms with van der Waals surface area (Å²) in [5.74, 6) is 0. The fraction of sp³-hybridized carbons (Fsp3) is 0.0417. The summed E-state index contributed by atoms with van der Waals surface area (Å²) >= 11 is 1.23. The number of thiazole rings is 1. The molecule has 0 saturated carbocycles. The summed E-state index contributed by atoms with van der Waals surface area (Å²) in [6, 6.07) is 17.1. The van der Waals surface area contributed by atoms with Crippen molar-refractivity contribution in [2.75, 3.05) is 7.05 Å². The van der Waals surface area contributed by atoms with Crippen molar-refractivity contribution < 1.29 is 97.2 Å². The van der Waals surface area contributed by atoms with Gasteiger partial charge in [-0.1, -0.05) is 47.7 Å². The van der Waals surface area contributed by atoms with Crippen LogP contribution in [0, 0.1) is 0 Å². The van der Waals surface area contributed by atoms with Gasteiger partial charge in [0, 0.05) is 28.3 Å². The molecule has 5 rings (SSSR count). The van der Waals surface area contributed by atoms with Crippen LogP contribution in [-0.2, 0) is 29.6 Å². The number of fused-ring (bicyclic) bond motifs is 2. The largest absolute Gasteiger partial charge is 1.00 e. The van der Waals surface area contributed by atoms with Crippen LogP contribution in [0.2, 0.25) is 0 Å². The topological polar surface area (TPSA) is 218 Å². The molecule has 0 N–H and O–H groups in total. The zero-order valence-corrected chi connectivity index (χ0v) is 27.2. The summed E-state index contributed by atoms with van der Waals surface area (Å²) in [5.41, 5.74) is 0.809. The average Bonchev–Trinajstić information content (AvgIpc) is 3.35. The maximum absolute atomic E-state index is 12.2. The van der Waals surface area contributed by atoms with E-state index < -0.39 is 40.8 Å². The molecule has 0 saturated heterocycles. The number of azo groups is 2. The summed E-state index contributed by atoms with van der Waals surface area (Å²) in [4.78, 5) is 2.49. The second kappa shape index (κ2) is 16.3. The number of nitrogens with zero attached hydrogens (tertiary/aromatic N) is 5. The van der Waals surface area contributed by atoms with E-state index in [0.717, 1.165) is 46.4 Å². The fourth-order valence-electron chi connectivity index (χ4n) is 4.05. The minimum atomic E-state index is -5.24. The van der Waals surface area contributed by atoms with E-state index in [4.69, 9.17) is 0 Å². The summed E-state index contributed by atoms with van der Waals surface area (Å²) in [6.45, 7) is 0. The number of hydrogen-bond acceptors (Lipinski definition) is 16. The molecule has 1 heterocycles. The van der Waals surface area contributed by atoms with Gasteiger partial charge >= 0.3 is 56.6 Å². The zero-order valence-electron chi connectivity index (χ0n) is 23.9. The standard InChI is InChI=1S/C24H17N5O9S4.3Li/c1-25-29-24-26-22(15-7-6-13-4-2-3-5-14(13)8-15)23(39-24)28-27-16-9-18-19(20(10-16)41(31,32)33)11-17(40-38-37-30)12-21(18)42(34,35)36;;;/h2-12,30H,1H3,(H,31,32,33)(H,34,35,36);;;/q;3*+1/p-3. The number of rotatable bonds is 9. The van der Waals surface area contributed by atoms with Crippen LogP contribution in [0.4, 0.5) is 15.8 Å². The van der Waals surface area contributed by atoms with Crippen LogP contribution in [-0.4, -0.2) is 38.0 Å². The third kappa shape index (κ3) is 9.12. The van der Waals surface area contributed by atoms with E-state index >= 15 is 0 Å². The Labute approximate surface area is 300 Å². The van der Waals surface area contributed by atoms with Crippen molar-refractivity contribution in [2.24, 2.45) is 20.5 Å². The second-order valence-electron chi connectivity index (χ2n) is 8.30. The van der Waals surface area contributed by atoms with Gasteiger partial charge in [-0.3, -0.25) is 5.04 Å². The number of hydrogen-bond donors (Lipinski definition) is 0. The summed E-state index contributed by atoms with van der Waals surface area (Å²) in [5, 5.41) is 31.0. The molecule has 14 nitrogen and oxygen atoms in total. The maximum Gasteiger partial charge on any atom is 1.00 e. The molecule has 1 aromatic heterocycles. The molecule has 0 amide bonds. The van der Waals surface area contributed by atoms with Crippen molar-refractivity contribution in [3.63, 3.8) is 0 Å². The first-order valence-electron chi connectivity index (χ1n) is 11.4. The van der Waals surface area contributed by atoms with E-state index in [1.54, 1.807) is 0 Å². The van der Waals surface area contributed by atoms with Gasteiger partial charge in [-0.15, -0.1) is 15.3 Å². The molecular weight excluding hydrogens is 651 g/mol. The minimum Gasteiger partial charge on any atom is -0.744 e. The SMILES string of the molecule is CN=Nc1nc(-c2ccc3ccccc3c2)c(N=Nc2cc(S(=O)(=O)[O-])c3cc(SOO[O-])cc(S(=O)(=O)[O-])c3c2)s1.[Li+].[Li+].[Li+]. The van der Waals surface area contributed by atoms with Crippen LogP contribution >= 0.6 is 23.4 Å². The minimum absolute atomic E-state index is 0.